The largest absolute Gasteiger partial charge is 0.440 e. The Bertz CT molecular complexity index is 1030. The van der Waals surface area contributed by atoms with E-state index in [9.17, 15) is 32.4 Å². The summed E-state index contributed by atoms with van der Waals surface area (Å²) in [7, 11) is 0. The molecule has 9 nitrogen and oxygen atoms in total. The Kier molecular flexibility index (Phi) is 6.52. The maximum absolute atomic E-state index is 13.1. The molecule has 2 heterocycles. The summed E-state index contributed by atoms with van der Waals surface area (Å²) < 4.78 is 55.5. The first-order valence-electron chi connectivity index (χ1n) is 9.37. The number of nitriles is 1. The third kappa shape index (κ3) is 5.45. The number of amides is 2. The smallest absolute Gasteiger partial charge is 0.422 e. The van der Waals surface area contributed by atoms with Crippen LogP contribution in [-0.4, -0.2) is 52.6 Å². The van der Waals surface area contributed by atoms with Crippen LogP contribution in [0.2, 0.25) is 0 Å². The third-order valence-electron chi connectivity index (χ3n) is 4.80. The van der Waals surface area contributed by atoms with Crippen LogP contribution in [-0.2, 0) is 4.74 Å². The summed E-state index contributed by atoms with van der Waals surface area (Å²) in [6.07, 6.45) is -4.30. The Morgan fingerprint density at radius 2 is 2.00 bits per heavy atom. The van der Waals surface area contributed by atoms with E-state index in [0.29, 0.717) is 5.69 Å². The zero-order valence-corrected chi connectivity index (χ0v) is 16.5. The number of ether oxygens (including phenoxy) is 1. The predicted octanol–water partition coefficient (Wildman–Crippen LogP) is 2.95. The summed E-state index contributed by atoms with van der Waals surface area (Å²) in [6.45, 7) is -1.88. The Labute approximate surface area is 179 Å². The lowest BCUT2D eigenvalue weighted by Gasteiger charge is -2.34. The van der Waals surface area contributed by atoms with Crippen LogP contribution in [0.1, 0.15) is 22.8 Å². The van der Waals surface area contributed by atoms with Gasteiger partial charge in [0.2, 0.25) is 0 Å². The van der Waals surface area contributed by atoms with E-state index in [-0.39, 0.29) is 30.9 Å². The topological polar surface area (TPSA) is 126 Å². The Morgan fingerprint density at radius 1 is 1.31 bits per heavy atom. The number of alkyl halides is 3. The molecule has 0 spiro atoms. The number of carbonyl (C=O) groups excluding carboxylic acids is 2. The number of aromatic nitrogens is 2. The van der Waals surface area contributed by atoms with Crippen molar-refractivity contribution in [3.05, 3.63) is 41.8 Å². The fraction of sp³-hybridized carbons (Fsp3) is 0.368. The highest BCUT2D eigenvalue weighted by atomic mass is 19.4. The summed E-state index contributed by atoms with van der Waals surface area (Å²) in [4.78, 5) is 24.8. The van der Waals surface area contributed by atoms with E-state index in [2.05, 4.69) is 15.2 Å². The van der Waals surface area contributed by atoms with E-state index in [4.69, 9.17) is 5.73 Å². The van der Waals surface area contributed by atoms with E-state index in [1.54, 1.807) is 0 Å². The summed E-state index contributed by atoms with van der Waals surface area (Å²) in [6, 6.07) is 6.72. The highest BCUT2D eigenvalue weighted by Crippen LogP contribution is 2.30. The minimum Gasteiger partial charge on any atom is -0.440 e. The van der Waals surface area contributed by atoms with E-state index >= 15 is 0 Å². The zero-order chi connectivity index (χ0) is 23.5. The van der Waals surface area contributed by atoms with Crippen LogP contribution in [0.4, 0.5) is 33.9 Å². The Morgan fingerprint density at radius 3 is 2.59 bits per heavy atom. The molecule has 1 aliphatic heterocycles. The second-order valence-electron chi connectivity index (χ2n) is 7.07. The number of hydrogen-bond donors (Lipinski definition) is 2. The maximum atomic E-state index is 13.1. The summed E-state index contributed by atoms with van der Waals surface area (Å²) in [5.41, 5.74) is 5.88. The number of benzene rings is 1. The first-order chi connectivity index (χ1) is 15.1. The molecule has 0 saturated carbocycles. The number of anilines is 2. The number of piperidine rings is 1. The summed E-state index contributed by atoms with van der Waals surface area (Å²) in [5.74, 6) is -1.98. The van der Waals surface area contributed by atoms with Crippen molar-refractivity contribution in [1.82, 2.24) is 14.7 Å². The van der Waals surface area contributed by atoms with Crippen molar-refractivity contribution in [2.75, 3.05) is 25.0 Å². The quantitative estimate of drug-likeness (QED) is 0.669. The minimum absolute atomic E-state index is 0.0199. The standard InChI is InChI=1S/C19H18F4N6O3/c20-12-1-3-13(4-2-12)26-17-14(16(25)30)9-29(27-17)15-5-6-28(8-11(15)7-24)18(31)32-10-19(21,22)23/h1-4,9,11,15H,5-6,8,10H2,(H2,25,30)(H,26,27). The molecule has 1 saturated heterocycles. The van der Waals surface area contributed by atoms with Gasteiger partial charge < -0.3 is 20.7 Å². The Balaban J connectivity index is 1.76. The van der Waals surface area contributed by atoms with Crippen LogP contribution in [0.25, 0.3) is 0 Å². The normalized spacial score (nSPS) is 18.7. The van der Waals surface area contributed by atoms with Gasteiger partial charge in [0, 0.05) is 25.0 Å². The van der Waals surface area contributed by atoms with Gasteiger partial charge in [-0.1, -0.05) is 0 Å². The second kappa shape index (κ2) is 9.13. The van der Waals surface area contributed by atoms with Crippen molar-refractivity contribution in [3.8, 4) is 6.07 Å². The molecule has 2 atom stereocenters. The van der Waals surface area contributed by atoms with E-state index < -0.39 is 42.6 Å². The van der Waals surface area contributed by atoms with Crippen molar-refractivity contribution in [2.24, 2.45) is 11.7 Å². The van der Waals surface area contributed by atoms with Gasteiger partial charge in [-0.25, -0.2) is 9.18 Å². The number of nitrogens with zero attached hydrogens (tertiary/aromatic N) is 4. The molecule has 2 amide bonds. The van der Waals surface area contributed by atoms with Gasteiger partial charge in [-0.3, -0.25) is 9.48 Å². The van der Waals surface area contributed by atoms with E-state index in [0.717, 1.165) is 4.90 Å². The fourth-order valence-electron chi connectivity index (χ4n) is 3.29. The molecule has 170 valence electrons. The molecular weight excluding hydrogens is 436 g/mol. The number of hydrogen-bond acceptors (Lipinski definition) is 6. The molecule has 32 heavy (non-hydrogen) atoms. The number of nitrogens with two attached hydrogens (primary N) is 1. The molecule has 0 bridgehead atoms. The SMILES string of the molecule is N#CC1CN(C(=O)OCC(F)(F)F)CCC1n1cc(C(N)=O)c(Nc2ccc(F)cc2)n1. The lowest BCUT2D eigenvalue weighted by Crippen LogP contribution is -2.45. The van der Waals surface area contributed by atoms with Gasteiger partial charge in [-0.2, -0.15) is 23.5 Å². The van der Waals surface area contributed by atoms with E-state index in [1.807, 2.05) is 6.07 Å². The monoisotopic (exact) mass is 454 g/mol. The molecule has 0 aliphatic carbocycles. The lowest BCUT2D eigenvalue weighted by atomic mass is 9.94. The van der Waals surface area contributed by atoms with Crippen LogP contribution in [0, 0.1) is 23.1 Å². The molecule has 2 unspecified atom stereocenters. The number of rotatable bonds is 5. The number of carbonyl (C=O) groups is 2. The van der Waals surface area contributed by atoms with Crippen molar-refractivity contribution in [1.29, 1.82) is 5.26 Å². The third-order valence-corrected chi connectivity index (χ3v) is 4.80. The fourth-order valence-corrected chi connectivity index (χ4v) is 3.29. The molecule has 1 aliphatic rings. The van der Waals surface area contributed by atoms with Crippen LogP contribution in [0.3, 0.4) is 0 Å². The van der Waals surface area contributed by atoms with Gasteiger partial charge >= 0.3 is 12.3 Å². The van der Waals surface area contributed by atoms with Gasteiger partial charge in [0.15, 0.2) is 12.4 Å². The van der Waals surface area contributed by atoms with Crippen LogP contribution < -0.4 is 11.1 Å². The van der Waals surface area contributed by atoms with Crippen molar-refractivity contribution < 1.29 is 31.9 Å². The Hall–Kier alpha value is -3.82. The lowest BCUT2D eigenvalue weighted by molar-refractivity contribution is -0.162. The zero-order valence-electron chi connectivity index (χ0n) is 16.5. The van der Waals surface area contributed by atoms with Gasteiger partial charge in [0.05, 0.1) is 18.0 Å². The molecule has 1 aromatic carbocycles. The first-order valence-corrected chi connectivity index (χ1v) is 9.37. The number of halogens is 4. The molecule has 2 aromatic rings. The minimum atomic E-state index is -4.66. The average molecular weight is 454 g/mol. The van der Waals surface area contributed by atoms with Gasteiger partial charge in [-0.05, 0) is 30.7 Å². The van der Waals surface area contributed by atoms with Crippen molar-refractivity contribution in [2.45, 2.75) is 18.6 Å². The van der Waals surface area contributed by atoms with Crippen LogP contribution >= 0.6 is 0 Å². The van der Waals surface area contributed by atoms with Gasteiger partial charge in [-0.15, -0.1) is 0 Å². The molecule has 1 fully saturated rings. The highest BCUT2D eigenvalue weighted by Gasteiger charge is 2.36. The van der Waals surface area contributed by atoms with Crippen molar-refractivity contribution in [3.63, 3.8) is 0 Å². The molecule has 0 radical (unpaired) electrons. The predicted molar refractivity (Wildman–Crippen MR) is 102 cm³/mol. The maximum Gasteiger partial charge on any atom is 0.422 e. The van der Waals surface area contributed by atoms with Gasteiger partial charge in [0.1, 0.15) is 11.4 Å². The van der Waals surface area contributed by atoms with E-state index in [1.165, 1.54) is 35.1 Å². The molecule has 13 heteroatoms. The average Bonchev–Trinajstić information content (AvgIpc) is 3.16. The second-order valence-corrected chi connectivity index (χ2v) is 7.07. The number of primary amides is 1. The molecular formula is C19H18F4N6O3. The van der Waals surface area contributed by atoms with Crippen LogP contribution in [0.5, 0.6) is 0 Å². The number of nitrogens with one attached hydrogen (secondary N) is 1. The molecule has 3 N–H and O–H groups in total. The van der Waals surface area contributed by atoms with Crippen molar-refractivity contribution >= 4 is 23.5 Å². The number of likely N-dealkylation sites (tertiary alicyclic amines) is 1. The first kappa shape index (κ1) is 22.9. The highest BCUT2D eigenvalue weighted by molar-refractivity contribution is 5.98. The summed E-state index contributed by atoms with van der Waals surface area (Å²) in [5, 5.41) is 16.7. The van der Waals surface area contributed by atoms with Crippen LogP contribution in [0.15, 0.2) is 30.5 Å². The van der Waals surface area contributed by atoms with Gasteiger partial charge in [0.25, 0.3) is 5.91 Å². The summed E-state index contributed by atoms with van der Waals surface area (Å²) >= 11 is 0. The molecule has 1 aromatic heterocycles. The molecule has 3 rings (SSSR count).